The van der Waals surface area contributed by atoms with Crippen LogP contribution in [-0.2, 0) is 27.9 Å². The van der Waals surface area contributed by atoms with Gasteiger partial charge in [-0.05, 0) is 89.9 Å². The van der Waals surface area contributed by atoms with Crippen LogP contribution in [0.1, 0.15) is 155 Å². The van der Waals surface area contributed by atoms with Crippen molar-refractivity contribution in [3.8, 4) is 0 Å². The molecule has 310 valence electrons. The molecular formula is C45H78NO7P. The Kier molecular flexibility index (Phi) is 40.0. The minimum atomic E-state index is -4.30. The van der Waals surface area contributed by atoms with Gasteiger partial charge in [0.15, 0.2) is 0 Å². The summed E-state index contributed by atoms with van der Waals surface area (Å²) in [6.07, 6.45) is 53.2. The lowest BCUT2D eigenvalue weighted by Crippen LogP contribution is -2.28. The van der Waals surface area contributed by atoms with Gasteiger partial charge in [0.25, 0.3) is 0 Å². The molecule has 54 heavy (non-hydrogen) atoms. The maximum atomic E-state index is 12.6. The van der Waals surface area contributed by atoms with Crippen molar-refractivity contribution in [2.24, 2.45) is 5.73 Å². The number of phosphoric acid groups is 1. The van der Waals surface area contributed by atoms with Crippen LogP contribution in [0.15, 0.2) is 85.1 Å². The SMILES string of the molecule is CC/C=C\C/C=C\C/C=C\C/C=C\C/C=C\CCCCOCC(COP(=O)(O)OCCN)OC(=O)CCCCCCCCC/C=C\C/C=C\CCCCC. The van der Waals surface area contributed by atoms with E-state index >= 15 is 0 Å². The van der Waals surface area contributed by atoms with Gasteiger partial charge in [-0.2, -0.15) is 0 Å². The molecular weight excluding hydrogens is 697 g/mol. The van der Waals surface area contributed by atoms with Crippen LogP contribution in [0.5, 0.6) is 0 Å². The summed E-state index contributed by atoms with van der Waals surface area (Å²) in [5.74, 6) is -0.358. The number of hydrogen-bond acceptors (Lipinski definition) is 7. The van der Waals surface area contributed by atoms with Crippen molar-refractivity contribution in [1.82, 2.24) is 0 Å². The molecule has 2 atom stereocenters. The Bertz CT molecular complexity index is 1100. The van der Waals surface area contributed by atoms with E-state index in [0.717, 1.165) is 83.5 Å². The first-order valence-corrected chi connectivity index (χ1v) is 22.6. The van der Waals surface area contributed by atoms with Gasteiger partial charge in [0.2, 0.25) is 0 Å². The highest BCUT2D eigenvalue weighted by Gasteiger charge is 2.25. The number of esters is 1. The van der Waals surface area contributed by atoms with E-state index in [2.05, 4.69) is 98.9 Å². The van der Waals surface area contributed by atoms with E-state index in [1.54, 1.807) is 0 Å². The van der Waals surface area contributed by atoms with Gasteiger partial charge in [0.05, 0.1) is 19.8 Å². The van der Waals surface area contributed by atoms with Gasteiger partial charge in [0.1, 0.15) is 6.10 Å². The molecule has 0 rings (SSSR count). The van der Waals surface area contributed by atoms with Crippen LogP contribution >= 0.6 is 7.82 Å². The van der Waals surface area contributed by atoms with Crippen molar-refractivity contribution in [3.63, 3.8) is 0 Å². The summed E-state index contributed by atoms with van der Waals surface area (Å²) in [5, 5.41) is 0. The number of nitrogens with two attached hydrogens (primary N) is 1. The monoisotopic (exact) mass is 776 g/mol. The lowest BCUT2D eigenvalue weighted by Gasteiger charge is -2.20. The molecule has 0 spiro atoms. The number of carbonyl (C=O) groups excluding carboxylic acids is 1. The average molecular weight is 776 g/mol. The molecule has 0 saturated carbocycles. The highest BCUT2D eigenvalue weighted by molar-refractivity contribution is 7.47. The van der Waals surface area contributed by atoms with Gasteiger partial charge < -0.3 is 20.1 Å². The van der Waals surface area contributed by atoms with Crippen LogP contribution in [0.4, 0.5) is 0 Å². The quantitative estimate of drug-likeness (QED) is 0.0274. The van der Waals surface area contributed by atoms with Crippen LogP contribution in [0.3, 0.4) is 0 Å². The Hall–Kier alpha value is -2.32. The van der Waals surface area contributed by atoms with E-state index in [0.29, 0.717) is 13.0 Å². The third kappa shape index (κ3) is 40.9. The number of hydrogen-bond donors (Lipinski definition) is 2. The minimum Gasteiger partial charge on any atom is -0.457 e. The third-order valence-corrected chi connectivity index (χ3v) is 9.28. The van der Waals surface area contributed by atoms with Crippen molar-refractivity contribution in [2.75, 3.05) is 33.0 Å². The summed E-state index contributed by atoms with van der Waals surface area (Å²) in [5.41, 5.74) is 5.36. The summed E-state index contributed by atoms with van der Waals surface area (Å²) in [6, 6.07) is 0. The second-order valence-corrected chi connectivity index (χ2v) is 14.9. The molecule has 0 fully saturated rings. The minimum absolute atomic E-state index is 0.0786. The highest BCUT2D eigenvalue weighted by Crippen LogP contribution is 2.43. The first kappa shape index (κ1) is 51.7. The van der Waals surface area contributed by atoms with Gasteiger partial charge in [-0.1, -0.05) is 144 Å². The molecule has 0 aliphatic rings. The van der Waals surface area contributed by atoms with E-state index in [-0.39, 0.29) is 32.3 Å². The Labute approximate surface area is 330 Å². The fraction of sp³-hybridized carbons (Fsp3) is 0.667. The topological polar surface area (TPSA) is 117 Å². The fourth-order valence-electron chi connectivity index (χ4n) is 5.23. The Morgan fingerprint density at radius 1 is 0.574 bits per heavy atom. The zero-order chi connectivity index (χ0) is 39.5. The van der Waals surface area contributed by atoms with Gasteiger partial charge in [-0.3, -0.25) is 13.8 Å². The molecule has 8 nitrogen and oxygen atoms in total. The Balaban J connectivity index is 4.17. The predicted octanol–water partition coefficient (Wildman–Crippen LogP) is 12.5. The average Bonchev–Trinajstić information content (AvgIpc) is 3.16. The van der Waals surface area contributed by atoms with E-state index < -0.39 is 13.9 Å². The zero-order valence-corrected chi connectivity index (χ0v) is 35.1. The van der Waals surface area contributed by atoms with E-state index in [1.165, 1.54) is 51.4 Å². The number of unbranched alkanes of at least 4 members (excludes halogenated alkanes) is 12. The first-order chi connectivity index (χ1) is 26.4. The molecule has 0 aromatic rings. The van der Waals surface area contributed by atoms with Crippen LogP contribution in [0.25, 0.3) is 0 Å². The number of rotatable bonds is 39. The zero-order valence-electron chi connectivity index (χ0n) is 34.2. The maximum absolute atomic E-state index is 12.6. The number of carbonyl (C=O) groups is 1. The summed E-state index contributed by atoms with van der Waals surface area (Å²) in [7, 11) is -4.30. The molecule has 9 heteroatoms. The molecule has 0 amide bonds. The van der Waals surface area contributed by atoms with Gasteiger partial charge >= 0.3 is 13.8 Å². The molecule has 3 N–H and O–H groups in total. The summed E-state index contributed by atoms with van der Waals surface area (Å²) >= 11 is 0. The molecule has 0 bridgehead atoms. The largest absolute Gasteiger partial charge is 0.472 e. The van der Waals surface area contributed by atoms with Gasteiger partial charge in [-0.15, -0.1) is 0 Å². The normalized spacial score (nSPS) is 14.4. The summed E-state index contributed by atoms with van der Waals surface area (Å²) in [6.45, 7) is 4.63. The van der Waals surface area contributed by atoms with Crippen LogP contribution < -0.4 is 5.73 Å². The third-order valence-electron chi connectivity index (χ3n) is 8.30. The van der Waals surface area contributed by atoms with E-state index in [4.69, 9.17) is 24.3 Å². The molecule has 0 aliphatic heterocycles. The summed E-state index contributed by atoms with van der Waals surface area (Å²) < 4.78 is 33.3. The van der Waals surface area contributed by atoms with Crippen molar-refractivity contribution in [3.05, 3.63) is 85.1 Å². The second kappa shape index (κ2) is 41.8. The van der Waals surface area contributed by atoms with Crippen molar-refractivity contribution < 1.29 is 32.8 Å². The van der Waals surface area contributed by atoms with Crippen LogP contribution in [0.2, 0.25) is 0 Å². The molecule has 0 radical (unpaired) electrons. The number of allylic oxidation sites excluding steroid dienone is 14. The smallest absolute Gasteiger partial charge is 0.457 e. The Morgan fingerprint density at radius 3 is 1.56 bits per heavy atom. The van der Waals surface area contributed by atoms with Crippen LogP contribution in [0, 0.1) is 0 Å². The van der Waals surface area contributed by atoms with Crippen molar-refractivity contribution in [1.29, 1.82) is 0 Å². The number of ether oxygens (including phenoxy) is 2. The summed E-state index contributed by atoms with van der Waals surface area (Å²) in [4.78, 5) is 22.5. The first-order valence-electron chi connectivity index (χ1n) is 21.1. The van der Waals surface area contributed by atoms with E-state index in [9.17, 15) is 14.3 Å². The Morgan fingerprint density at radius 2 is 1.04 bits per heavy atom. The predicted molar refractivity (Wildman–Crippen MR) is 228 cm³/mol. The molecule has 0 aromatic carbocycles. The van der Waals surface area contributed by atoms with Gasteiger partial charge in [0, 0.05) is 19.6 Å². The molecule has 0 heterocycles. The second-order valence-electron chi connectivity index (χ2n) is 13.5. The molecule has 0 saturated heterocycles. The highest BCUT2D eigenvalue weighted by atomic mass is 31.2. The van der Waals surface area contributed by atoms with Crippen LogP contribution in [-0.4, -0.2) is 49.9 Å². The maximum Gasteiger partial charge on any atom is 0.472 e. The fourth-order valence-corrected chi connectivity index (χ4v) is 5.99. The lowest BCUT2D eigenvalue weighted by molar-refractivity contribution is -0.154. The molecule has 0 aromatic heterocycles. The number of phosphoric ester groups is 1. The van der Waals surface area contributed by atoms with Crippen molar-refractivity contribution in [2.45, 2.75) is 161 Å². The standard InChI is InChI=1S/C45H78NO7P/c1-3-5-7-9-11-13-15-17-19-21-23-25-27-29-31-33-35-37-40-50-42-44(43-52-54(48,49)51-41-39-46)53-45(47)38-36-34-32-30-28-26-24-22-20-18-16-14-12-10-8-6-4-2/h5,7,11-14,17-20,23,25,29,31,44H,3-4,6,8-10,15-16,21-22,24,26-28,30,32-43,46H2,1-2H3,(H,48,49)/b7-5-,13-11-,14-12-,19-17-,20-18-,25-23-,31-29-. The van der Waals surface area contributed by atoms with E-state index in [1.807, 2.05) is 0 Å². The molecule has 2 unspecified atom stereocenters. The van der Waals surface area contributed by atoms with Gasteiger partial charge in [-0.25, -0.2) is 4.57 Å². The molecule has 0 aliphatic carbocycles. The lowest BCUT2D eigenvalue weighted by atomic mass is 10.1. The van der Waals surface area contributed by atoms with Crippen molar-refractivity contribution >= 4 is 13.8 Å².